The summed E-state index contributed by atoms with van der Waals surface area (Å²) in [6.07, 6.45) is 3.35. The van der Waals surface area contributed by atoms with Gasteiger partial charge in [0.2, 0.25) is 0 Å². The van der Waals surface area contributed by atoms with Crippen LogP contribution >= 0.6 is 0 Å². The van der Waals surface area contributed by atoms with Crippen LogP contribution in [-0.4, -0.2) is 24.6 Å². The van der Waals surface area contributed by atoms with Crippen LogP contribution in [0.3, 0.4) is 0 Å². The van der Waals surface area contributed by atoms with Gasteiger partial charge < -0.3 is 14.8 Å². The van der Waals surface area contributed by atoms with E-state index >= 15 is 0 Å². The third-order valence-corrected chi connectivity index (χ3v) is 4.73. The van der Waals surface area contributed by atoms with E-state index in [2.05, 4.69) is 12.2 Å². The Kier molecular flexibility index (Phi) is 6.12. The summed E-state index contributed by atoms with van der Waals surface area (Å²) >= 11 is 0. The van der Waals surface area contributed by atoms with Gasteiger partial charge in [0.15, 0.2) is 12.7 Å². The largest absolute Gasteiger partial charge is 0.482 e. The Morgan fingerprint density at radius 3 is 2.56 bits per heavy atom. The maximum absolute atomic E-state index is 12.2. The van der Waals surface area contributed by atoms with Gasteiger partial charge in [-0.15, -0.1) is 0 Å². The molecule has 0 aromatic heterocycles. The number of ether oxygens (including phenoxy) is 2. The van der Waals surface area contributed by atoms with E-state index in [1.165, 1.54) is 16.7 Å². The highest BCUT2D eigenvalue weighted by Crippen LogP contribution is 2.26. The molecule has 0 heterocycles. The van der Waals surface area contributed by atoms with E-state index in [1.807, 2.05) is 42.5 Å². The lowest BCUT2D eigenvalue weighted by molar-refractivity contribution is -0.155. The molecule has 1 amide bonds. The van der Waals surface area contributed by atoms with Crippen molar-refractivity contribution in [2.45, 2.75) is 45.6 Å². The first-order valence-corrected chi connectivity index (χ1v) is 9.39. The van der Waals surface area contributed by atoms with Crippen molar-refractivity contribution in [3.05, 3.63) is 59.2 Å². The molecule has 2 aromatic rings. The SMILES string of the molecule is CCc1ccc(NC(=O)[C@H](C)OC(=O)COc2ccc3c(c2)CCC3)cc1. The highest BCUT2D eigenvalue weighted by atomic mass is 16.6. The summed E-state index contributed by atoms with van der Waals surface area (Å²) in [5, 5.41) is 2.74. The number of esters is 1. The average Bonchev–Trinajstić information content (AvgIpc) is 3.14. The van der Waals surface area contributed by atoms with Gasteiger partial charge in [-0.3, -0.25) is 4.79 Å². The molecule has 0 bridgehead atoms. The number of carbonyl (C=O) groups excluding carboxylic acids is 2. The fourth-order valence-corrected chi connectivity index (χ4v) is 3.13. The summed E-state index contributed by atoms with van der Waals surface area (Å²) in [4.78, 5) is 24.1. The van der Waals surface area contributed by atoms with Crippen LogP contribution in [0, 0.1) is 0 Å². The van der Waals surface area contributed by atoms with Gasteiger partial charge >= 0.3 is 5.97 Å². The Morgan fingerprint density at radius 2 is 1.81 bits per heavy atom. The molecule has 142 valence electrons. The minimum Gasteiger partial charge on any atom is -0.482 e. The van der Waals surface area contributed by atoms with Crippen molar-refractivity contribution >= 4 is 17.6 Å². The number of nitrogens with one attached hydrogen (secondary N) is 1. The first kappa shape index (κ1) is 19.0. The van der Waals surface area contributed by atoms with E-state index < -0.39 is 12.1 Å². The Bertz CT molecular complexity index is 814. The van der Waals surface area contributed by atoms with Crippen molar-refractivity contribution in [1.29, 1.82) is 0 Å². The van der Waals surface area contributed by atoms with E-state index in [9.17, 15) is 9.59 Å². The molecule has 0 saturated carbocycles. The molecule has 0 saturated heterocycles. The van der Waals surface area contributed by atoms with Gasteiger partial charge in [-0.1, -0.05) is 25.1 Å². The second-order valence-corrected chi connectivity index (χ2v) is 6.74. The topological polar surface area (TPSA) is 64.6 Å². The van der Waals surface area contributed by atoms with Gasteiger partial charge in [-0.2, -0.15) is 0 Å². The molecule has 1 atom stereocenters. The summed E-state index contributed by atoms with van der Waals surface area (Å²) in [6, 6.07) is 13.5. The monoisotopic (exact) mass is 367 g/mol. The number of aryl methyl sites for hydroxylation is 3. The summed E-state index contributed by atoms with van der Waals surface area (Å²) in [5.74, 6) is -0.287. The van der Waals surface area contributed by atoms with Crippen molar-refractivity contribution in [3.63, 3.8) is 0 Å². The zero-order valence-electron chi connectivity index (χ0n) is 15.8. The Balaban J connectivity index is 1.45. The number of hydrogen-bond acceptors (Lipinski definition) is 4. The number of rotatable bonds is 7. The summed E-state index contributed by atoms with van der Waals surface area (Å²) in [5.41, 5.74) is 4.50. The predicted octanol–water partition coefficient (Wildman–Crippen LogP) is 3.69. The van der Waals surface area contributed by atoms with E-state index in [0.29, 0.717) is 11.4 Å². The quantitative estimate of drug-likeness (QED) is 0.758. The Labute approximate surface area is 159 Å². The van der Waals surface area contributed by atoms with Crippen LogP contribution in [-0.2, 0) is 33.6 Å². The highest BCUT2D eigenvalue weighted by molar-refractivity contribution is 5.95. The van der Waals surface area contributed by atoms with Gasteiger partial charge in [0.25, 0.3) is 5.91 Å². The molecule has 5 nitrogen and oxygen atoms in total. The van der Waals surface area contributed by atoms with Crippen molar-refractivity contribution in [1.82, 2.24) is 0 Å². The van der Waals surface area contributed by atoms with Gasteiger partial charge in [0.1, 0.15) is 5.75 Å². The van der Waals surface area contributed by atoms with Crippen LogP contribution in [0.5, 0.6) is 5.75 Å². The minimum absolute atomic E-state index is 0.221. The zero-order chi connectivity index (χ0) is 19.2. The number of amides is 1. The van der Waals surface area contributed by atoms with Crippen molar-refractivity contribution in [2.24, 2.45) is 0 Å². The predicted molar refractivity (Wildman–Crippen MR) is 104 cm³/mol. The van der Waals surface area contributed by atoms with Crippen molar-refractivity contribution < 1.29 is 19.1 Å². The maximum atomic E-state index is 12.2. The van der Waals surface area contributed by atoms with E-state index in [4.69, 9.17) is 9.47 Å². The van der Waals surface area contributed by atoms with Crippen LogP contribution in [0.15, 0.2) is 42.5 Å². The average molecular weight is 367 g/mol. The molecule has 2 aromatic carbocycles. The molecule has 5 heteroatoms. The molecule has 1 aliphatic rings. The lowest BCUT2D eigenvalue weighted by Gasteiger charge is -2.14. The first-order chi connectivity index (χ1) is 13.0. The molecular weight excluding hydrogens is 342 g/mol. The van der Waals surface area contributed by atoms with E-state index in [0.717, 1.165) is 25.7 Å². The second kappa shape index (κ2) is 8.71. The zero-order valence-corrected chi connectivity index (χ0v) is 15.8. The minimum atomic E-state index is -0.896. The molecule has 0 unspecified atom stereocenters. The third kappa shape index (κ3) is 5.09. The molecule has 0 spiro atoms. The second-order valence-electron chi connectivity index (χ2n) is 6.74. The number of anilines is 1. The molecule has 0 aliphatic heterocycles. The normalized spacial score (nSPS) is 13.6. The summed E-state index contributed by atoms with van der Waals surface area (Å²) in [6.45, 7) is 3.39. The van der Waals surface area contributed by atoms with Crippen LogP contribution < -0.4 is 10.1 Å². The van der Waals surface area contributed by atoms with Crippen LogP contribution in [0.1, 0.15) is 37.0 Å². The molecular formula is C22H25NO4. The van der Waals surface area contributed by atoms with Crippen molar-refractivity contribution in [2.75, 3.05) is 11.9 Å². The molecule has 1 aliphatic carbocycles. The van der Waals surface area contributed by atoms with Crippen LogP contribution in [0.4, 0.5) is 5.69 Å². The van der Waals surface area contributed by atoms with Gasteiger partial charge in [-0.05, 0) is 73.6 Å². The molecule has 0 radical (unpaired) electrons. The fourth-order valence-electron chi connectivity index (χ4n) is 3.13. The van der Waals surface area contributed by atoms with Gasteiger partial charge in [-0.25, -0.2) is 4.79 Å². The number of fused-ring (bicyclic) bond motifs is 1. The number of benzene rings is 2. The lowest BCUT2D eigenvalue weighted by Crippen LogP contribution is -2.31. The van der Waals surface area contributed by atoms with Gasteiger partial charge in [0.05, 0.1) is 0 Å². The van der Waals surface area contributed by atoms with E-state index in [1.54, 1.807) is 6.92 Å². The molecule has 3 rings (SSSR count). The number of carbonyl (C=O) groups is 2. The Morgan fingerprint density at radius 1 is 1.07 bits per heavy atom. The fraction of sp³-hybridized carbons (Fsp3) is 0.364. The Hall–Kier alpha value is -2.82. The summed E-state index contributed by atoms with van der Waals surface area (Å²) in [7, 11) is 0. The molecule has 1 N–H and O–H groups in total. The summed E-state index contributed by atoms with van der Waals surface area (Å²) < 4.78 is 10.7. The third-order valence-electron chi connectivity index (χ3n) is 4.73. The smallest absolute Gasteiger partial charge is 0.344 e. The molecule has 27 heavy (non-hydrogen) atoms. The van der Waals surface area contributed by atoms with Crippen LogP contribution in [0.2, 0.25) is 0 Å². The van der Waals surface area contributed by atoms with Crippen molar-refractivity contribution in [3.8, 4) is 5.75 Å². The maximum Gasteiger partial charge on any atom is 0.344 e. The first-order valence-electron chi connectivity index (χ1n) is 9.39. The van der Waals surface area contributed by atoms with E-state index in [-0.39, 0.29) is 12.5 Å². The van der Waals surface area contributed by atoms with Crippen LogP contribution in [0.25, 0.3) is 0 Å². The lowest BCUT2D eigenvalue weighted by atomic mass is 10.1. The van der Waals surface area contributed by atoms with Gasteiger partial charge in [0, 0.05) is 5.69 Å². The molecule has 0 fully saturated rings. The standard InChI is InChI=1S/C22H25NO4/c1-3-16-7-10-19(11-8-16)23-22(25)15(2)27-21(24)14-26-20-12-9-17-5-4-6-18(17)13-20/h7-13,15H,3-6,14H2,1-2H3,(H,23,25)/t15-/m0/s1. The highest BCUT2D eigenvalue weighted by Gasteiger charge is 2.19. The number of hydrogen-bond donors (Lipinski definition) is 1.